The molecule has 8 nitrogen and oxygen atoms in total. The predicted molar refractivity (Wildman–Crippen MR) is 205 cm³/mol. The van der Waals surface area contributed by atoms with Crippen LogP contribution < -0.4 is 10.2 Å². The maximum atomic E-state index is 12.6. The molecule has 0 radical (unpaired) electrons. The Bertz CT molecular complexity index is 1110. The van der Waals surface area contributed by atoms with Crippen LogP contribution in [0.1, 0.15) is 97.3 Å². The number of rotatable bonds is 30. The summed E-state index contributed by atoms with van der Waals surface area (Å²) < 4.78 is 22.8. The molecule has 3 unspecified atom stereocenters. The van der Waals surface area contributed by atoms with Gasteiger partial charge in [-0.15, -0.1) is 0 Å². The zero-order valence-electron chi connectivity index (χ0n) is 31.1. The maximum Gasteiger partial charge on any atom is 0.268 e. The molecule has 0 saturated heterocycles. The first-order valence-corrected chi connectivity index (χ1v) is 19.6. The van der Waals surface area contributed by atoms with Gasteiger partial charge in [-0.2, -0.15) is 0 Å². The van der Waals surface area contributed by atoms with Gasteiger partial charge < -0.3 is 28.8 Å². The number of carbonyl (C=O) groups excluding carboxylic acids is 1. The summed E-state index contributed by atoms with van der Waals surface area (Å²) in [6.45, 7) is 4.27. The maximum absolute atomic E-state index is 12.6. The number of hydrogen-bond acceptors (Lipinski definition) is 6. The highest BCUT2D eigenvalue weighted by Crippen LogP contribution is 2.38. The van der Waals surface area contributed by atoms with Gasteiger partial charge in [0.1, 0.15) is 13.2 Å². The molecule has 0 fully saturated rings. The van der Waals surface area contributed by atoms with E-state index in [0.29, 0.717) is 17.4 Å². The Morgan fingerprint density at radius 1 is 0.735 bits per heavy atom. The molecule has 278 valence electrons. The number of aliphatic hydroxyl groups is 1. The van der Waals surface area contributed by atoms with E-state index >= 15 is 0 Å². The number of carbonyl (C=O) groups is 1. The summed E-state index contributed by atoms with van der Waals surface area (Å²) in [6, 6.07) is -0.918. The lowest BCUT2D eigenvalue weighted by Crippen LogP contribution is -2.45. The number of quaternary nitrogens is 1. The van der Waals surface area contributed by atoms with E-state index in [4.69, 9.17) is 9.05 Å². The molecule has 0 aromatic carbocycles. The molecule has 0 aromatic rings. The molecule has 0 heterocycles. The number of allylic oxidation sites excluding steroid dienone is 15. The van der Waals surface area contributed by atoms with Gasteiger partial charge in [0.2, 0.25) is 5.91 Å². The lowest BCUT2D eigenvalue weighted by Gasteiger charge is -2.29. The molecule has 0 bridgehead atoms. The number of likely N-dealkylation sites (N-methyl/N-ethyl adjacent to an activating group) is 1. The summed E-state index contributed by atoms with van der Waals surface area (Å²) in [5, 5.41) is 13.4. The van der Waals surface area contributed by atoms with Crippen molar-refractivity contribution in [1.82, 2.24) is 5.32 Å². The molecule has 0 aliphatic heterocycles. The van der Waals surface area contributed by atoms with Crippen molar-refractivity contribution >= 4 is 13.7 Å². The molecular weight excluding hydrogens is 635 g/mol. The number of unbranched alkanes of at least 4 members (excludes halogenated alkanes) is 3. The van der Waals surface area contributed by atoms with Crippen LogP contribution in [0.4, 0.5) is 0 Å². The minimum absolute atomic E-state index is 0.0195. The predicted octanol–water partition coefficient (Wildman–Crippen LogP) is 8.60. The smallest absolute Gasteiger partial charge is 0.268 e. The molecule has 0 spiro atoms. The topological polar surface area (TPSA) is 108 Å². The highest BCUT2D eigenvalue weighted by molar-refractivity contribution is 7.45. The standard InChI is InChI=1S/C40H67N2O6P/c1-6-8-10-12-13-14-15-16-17-18-19-20-21-22-23-24-25-26-27-28-29-30-32-34-40(44)41-38(39(43)33-31-11-9-7-2)37-48-49(45,46)47-36-35-42(3,4)5/h8,10,13-14,16-17,19-20,22-23,25-26,28-29,31,33,38-39,43H,6-7,9,11-12,15,18,21,24,27,30,32,34-37H2,1-5H3,(H-,41,44,45,46)/b10-8-,14-13-,17-16-,20-19-,23-22-,26-25-,29-28-,33-31+. The summed E-state index contributed by atoms with van der Waals surface area (Å²) in [6.07, 6.45) is 43.8. The lowest BCUT2D eigenvalue weighted by molar-refractivity contribution is -0.870. The second kappa shape index (κ2) is 31.4. The normalized spacial score (nSPS) is 15.8. The van der Waals surface area contributed by atoms with Crippen LogP contribution in [-0.2, 0) is 18.4 Å². The van der Waals surface area contributed by atoms with E-state index in [0.717, 1.165) is 70.6 Å². The molecule has 9 heteroatoms. The molecule has 0 aliphatic carbocycles. The van der Waals surface area contributed by atoms with Gasteiger partial charge in [-0.25, -0.2) is 0 Å². The van der Waals surface area contributed by atoms with Gasteiger partial charge in [-0.05, 0) is 64.2 Å². The Hall–Kier alpha value is -2.58. The summed E-state index contributed by atoms with van der Waals surface area (Å²) in [5.74, 6) is -0.272. The zero-order valence-corrected chi connectivity index (χ0v) is 32.0. The van der Waals surface area contributed by atoms with E-state index < -0.39 is 26.6 Å². The quantitative estimate of drug-likeness (QED) is 0.0336. The summed E-state index contributed by atoms with van der Waals surface area (Å²) in [5.41, 5.74) is 0. The van der Waals surface area contributed by atoms with Crippen LogP contribution in [0.3, 0.4) is 0 Å². The van der Waals surface area contributed by atoms with E-state index in [1.165, 1.54) is 0 Å². The fourth-order valence-corrected chi connectivity index (χ4v) is 4.85. The number of phosphoric acid groups is 1. The van der Waals surface area contributed by atoms with Crippen LogP contribution in [0.25, 0.3) is 0 Å². The van der Waals surface area contributed by atoms with E-state index in [2.05, 4.69) is 104 Å². The molecule has 0 aliphatic rings. The lowest BCUT2D eigenvalue weighted by atomic mass is 10.1. The molecule has 1 amide bonds. The third-order valence-corrected chi connectivity index (χ3v) is 8.01. The molecule has 2 N–H and O–H groups in total. The van der Waals surface area contributed by atoms with Crippen molar-refractivity contribution in [3.63, 3.8) is 0 Å². The molecule has 0 aromatic heterocycles. The van der Waals surface area contributed by atoms with Crippen LogP contribution in [0.15, 0.2) is 97.2 Å². The van der Waals surface area contributed by atoms with Crippen molar-refractivity contribution in [3.05, 3.63) is 97.2 Å². The fraction of sp³-hybridized carbons (Fsp3) is 0.575. The van der Waals surface area contributed by atoms with Gasteiger partial charge in [0.05, 0.1) is 39.9 Å². The van der Waals surface area contributed by atoms with Crippen LogP contribution in [0, 0.1) is 0 Å². The van der Waals surface area contributed by atoms with Gasteiger partial charge in [0.25, 0.3) is 7.82 Å². The number of nitrogens with zero attached hydrogens (tertiary/aromatic N) is 1. The number of amides is 1. The zero-order chi connectivity index (χ0) is 36.5. The highest BCUT2D eigenvalue weighted by atomic mass is 31.2. The van der Waals surface area contributed by atoms with Crippen LogP contribution in [-0.4, -0.2) is 68.5 Å². The van der Waals surface area contributed by atoms with Gasteiger partial charge in [-0.1, -0.05) is 124 Å². The van der Waals surface area contributed by atoms with Gasteiger partial charge in [0.15, 0.2) is 0 Å². The van der Waals surface area contributed by atoms with Crippen molar-refractivity contribution in [2.75, 3.05) is 40.9 Å². The Kier molecular flexibility index (Phi) is 29.8. The molecule has 3 atom stereocenters. The fourth-order valence-electron chi connectivity index (χ4n) is 4.12. The average molecular weight is 703 g/mol. The minimum atomic E-state index is -4.59. The van der Waals surface area contributed by atoms with Gasteiger partial charge in [-0.3, -0.25) is 9.36 Å². The molecular formula is C40H67N2O6P. The highest BCUT2D eigenvalue weighted by Gasteiger charge is 2.23. The Morgan fingerprint density at radius 3 is 1.67 bits per heavy atom. The van der Waals surface area contributed by atoms with Crippen molar-refractivity contribution in [3.8, 4) is 0 Å². The molecule has 49 heavy (non-hydrogen) atoms. The third-order valence-electron chi connectivity index (χ3n) is 7.05. The number of phosphoric ester groups is 1. The molecule has 0 saturated carbocycles. The molecule has 0 rings (SSSR count). The largest absolute Gasteiger partial charge is 0.756 e. The van der Waals surface area contributed by atoms with E-state index in [1.807, 2.05) is 27.2 Å². The van der Waals surface area contributed by atoms with Crippen LogP contribution in [0.5, 0.6) is 0 Å². The van der Waals surface area contributed by atoms with Crippen molar-refractivity contribution in [1.29, 1.82) is 0 Å². The Labute approximate surface area is 299 Å². The van der Waals surface area contributed by atoms with E-state index in [-0.39, 0.29) is 18.9 Å². The van der Waals surface area contributed by atoms with Crippen molar-refractivity contribution < 1.29 is 32.9 Å². The first-order chi connectivity index (χ1) is 23.5. The minimum Gasteiger partial charge on any atom is -0.756 e. The van der Waals surface area contributed by atoms with Gasteiger partial charge in [0, 0.05) is 6.42 Å². The number of aliphatic hydroxyl groups excluding tert-OH is 1. The average Bonchev–Trinajstić information content (AvgIpc) is 3.04. The second-order valence-electron chi connectivity index (χ2n) is 12.8. The monoisotopic (exact) mass is 702 g/mol. The summed E-state index contributed by atoms with van der Waals surface area (Å²) in [7, 11) is 1.19. The third kappa shape index (κ3) is 33.7. The Balaban J connectivity index is 4.35. The van der Waals surface area contributed by atoms with Crippen LogP contribution in [0.2, 0.25) is 0 Å². The first kappa shape index (κ1) is 46.4. The van der Waals surface area contributed by atoms with E-state index in [1.54, 1.807) is 6.08 Å². The first-order valence-electron chi connectivity index (χ1n) is 18.1. The summed E-state index contributed by atoms with van der Waals surface area (Å²) in [4.78, 5) is 24.9. The van der Waals surface area contributed by atoms with E-state index in [9.17, 15) is 19.4 Å². The van der Waals surface area contributed by atoms with Gasteiger partial charge >= 0.3 is 0 Å². The van der Waals surface area contributed by atoms with Crippen LogP contribution >= 0.6 is 7.82 Å². The second-order valence-corrected chi connectivity index (χ2v) is 14.3. The van der Waals surface area contributed by atoms with Crippen molar-refractivity contribution in [2.45, 2.75) is 109 Å². The number of hydrogen-bond donors (Lipinski definition) is 2. The number of nitrogens with one attached hydrogen (secondary N) is 1. The SMILES string of the molecule is CC/C=C\C/C=C\C/C=C\C/C=C\C/C=C\C/C=C\C/C=C\CCCC(=O)NC(COP(=O)([O-])OCC[N+](C)(C)C)C(O)/C=C/CCCC. The summed E-state index contributed by atoms with van der Waals surface area (Å²) >= 11 is 0. The van der Waals surface area contributed by atoms with Crippen molar-refractivity contribution in [2.24, 2.45) is 0 Å². The Morgan fingerprint density at radius 2 is 1.20 bits per heavy atom.